The first-order valence-corrected chi connectivity index (χ1v) is 13.8. The van der Waals surface area contributed by atoms with Gasteiger partial charge in [-0.15, -0.1) is 0 Å². The van der Waals surface area contributed by atoms with E-state index in [-0.39, 0.29) is 40.9 Å². The quantitative estimate of drug-likeness (QED) is 0.328. The van der Waals surface area contributed by atoms with Crippen molar-refractivity contribution in [3.63, 3.8) is 0 Å². The molecule has 0 amide bonds. The summed E-state index contributed by atoms with van der Waals surface area (Å²) in [7, 11) is -2.26. The number of hydrogen-bond donors (Lipinski definition) is 0. The van der Waals surface area contributed by atoms with E-state index >= 15 is 0 Å². The summed E-state index contributed by atoms with van der Waals surface area (Å²) in [6, 6.07) is 1.43. The highest BCUT2D eigenvalue weighted by atomic mass is 28.4. The fourth-order valence-electron chi connectivity index (χ4n) is 3.02. The van der Waals surface area contributed by atoms with Gasteiger partial charge >= 0.3 is 6.01 Å². The summed E-state index contributed by atoms with van der Waals surface area (Å²) in [5.41, 5.74) is -2.45. The van der Waals surface area contributed by atoms with Gasteiger partial charge in [-0.3, -0.25) is 0 Å². The fraction of sp³-hybridized carbons (Fsp3) is 0.652. The van der Waals surface area contributed by atoms with Crippen molar-refractivity contribution < 1.29 is 31.5 Å². The molecule has 0 N–H and O–H groups in total. The van der Waals surface area contributed by atoms with Gasteiger partial charge in [-0.2, -0.15) is 9.97 Å². The first kappa shape index (κ1) is 25.7. The van der Waals surface area contributed by atoms with Crippen LogP contribution >= 0.6 is 0 Å². The Morgan fingerprint density at radius 2 is 1.61 bits per heavy atom. The van der Waals surface area contributed by atoms with Gasteiger partial charge in [0, 0.05) is 19.1 Å². The standard InChI is InChI=1S/C23H32F4N2O3Si/c1-20(2,3)32-18-15-9-14(24)10-16(25)17(15)28-19(29-18)30-12-22(11-23(22,26)27)13-31-33(7,8)21(4,5)6/h9-10H,11-13H2,1-8H3. The van der Waals surface area contributed by atoms with Crippen LogP contribution in [0.1, 0.15) is 48.0 Å². The van der Waals surface area contributed by atoms with Crippen molar-refractivity contribution in [2.24, 2.45) is 5.41 Å². The van der Waals surface area contributed by atoms with Crippen LogP contribution in [0, 0.1) is 17.0 Å². The lowest BCUT2D eigenvalue weighted by molar-refractivity contribution is 0.0150. The summed E-state index contributed by atoms with van der Waals surface area (Å²) in [6.45, 7) is 14.8. The van der Waals surface area contributed by atoms with Crippen molar-refractivity contribution in [2.45, 2.75) is 77.6 Å². The SMILES string of the molecule is CC(C)(C)Oc1nc(OCC2(CO[Si](C)(C)C(C)(C)C)CC2(F)F)nc2c(F)cc(F)cc12. The third-order valence-electron chi connectivity index (χ3n) is 6.27. The molecule has 0 radical (unpaired) electrons. The Hall–Kier alpha value is -1.94. The molecular formula is C23H32F4N2O3Si. The molecule has 0 bridgehead atoms. The Morgan fingerprint density at radius 3 is 2.12 bits per heavy atom. The minimum absolute atomic E-state index is 0.0301. The number of nitrogens with zero attached hydrogens (tertiary/aromatic N) is 2. The second kappa shape index (κ2) is 8.08. The second-order valence-electron chi connectivity index (χ2n) is 11.3. The van der Waals surface area contributed by atoms with Gasteiger partial charge in [0.25, 0.3) is 5.92 Å². The van der Waals surface area contributed by atoms with Crippen molar-refractivity contribution in [1.29, 1.82) is 0 Å². The van der Waals surface area contributed by atoms with Gasteiger partial charge in [0.2, 0.25) is 5.88 Å². The summed E-state index contributed by atoms with van der Waals surface area (Å²) < 4.78 is 74.4. The van der Waals surface area contributed by atoms with E-state index < -0.39 is 43.5 Å². The summed E-state index contributed by atoms with van der Waals surface area (Å²) in [4.78, 5) is 8.13. The van der Waals surface area contributed by atoms with Gasteiger partial charge < -0.3 is 13.9 Å². The molecule has 5 nitrogen and oxygen atoms in total. The molecular weight excluding hydrogens is 456 g/mol. The Kier molecular flexibility index (Phi) is 6.28. The predicted octanol–water partition coefficient (Wildman–Crippen LogP) is 6.51. The minimum Gasteiger partial charge on any atom is -0.471 e. The van der Waals surface area contributed by atoms with Crippen molar-refractivity contribution in [3.05, 3.63) is 23.8 Å². The van der Waals surface area contributed by atoms with E-state index in [1.54, 1.807) is 20.8 Å². The van der Waals surface area contributed by atoms with E-state index in [1.165, 1.54) is 0 Å². The van der Waals surface area contributed by atoms with Crippen molar-refractivity contribution in [2.75, 3.05) is 13.2 Å². The molecule has 1 aromatic heterocycles. The molecule has 1 atom stereocenters. The first-order chi connectivity index (χ1) is 14.9. The van der Waals surface area contributed by atoms with Gasteiger partial charge in [-0.25, -0.2) is 17.6 Å². The van der Waals surface area contributed by atoms with Crippen LogP contribution in [0.3, 0.4) is 0 Å². The molecule has 2 aromatic rings. The zero-order valence-corrected chi connectivity index (χ0v) is 21.4. The topological polar surface area (TPSA) is 53.5 Å². The smallest absolute Gasteiger partial charge is 0.320 e. The maximum absolute atomic E-state index is 14.4. The molecule has 33 heavy (non-hydrogen) atoms. The monoisotopic (exact) mass is 488 g/mol. The first-order valence-electron chi connectivity index (χ1n) is 10.9. The highest BCUT2D eigenvalue weighted by Gasteiger charge is 2.72. The van der Waals surface area contributed by atoms with Crippen LogP contribution < -0.4 is 9.47 Å². The van der Waals surface area contributed by atoms with Crippen LogP contribution in [0.25, 0.3) is 10.9 Å². The maximum Gasteiger partial charge on any atom is 0.320 e. The lowest BCUT2D eigenvalue weighted by Gasteiger charge is -2.37. The van der Waals surface area contributed by atoms with Gasteiger partial charge in [0.05, 0.1) is 10.8 Å². The third kappa shape index (κ3) is 5.42. The average molecular weight is 489 g/mol. The minimum atomic E-state index is -2.95. The summed E-state index contributed by atoms with van der Waals surface area (Å²) >= 11 is 0. The van der Waals surface area contributed by atoms with E-state index in [9.17, 15) is 17.6 Å². The number of benzene rings is 1. The molecule has 3 rings (SSSR count). The van der Waals surface area contributed by atoms with Gasteiger partial charge in [-0.05, 0) is 45.0 Å². The summed E-state index contributed by atoms with van der Waals surface area (Å²) in [5.74, 6) is -4.78. The molecule has 10 heteroatoms. The van der Waals surface area contributed by atoms with E-state index in [1.807, 2.05) is 33.9 Å². The molecule has 0 spiro atoms. The van der Waals surface area contributed by atoms with Crippen molar-refractivity contribution in [1.82, 2.24) is 9.97 Å². The number of hydrogen-bond acceptors (Lipinski definition) is 5. The highest BCUT2D eigenvalue weighted by molar-refractivity contribution is 6.74. The molecule has 0 saturated heterocycles. The summed E-state index contributed by atoms with van der Waals surface area (Å²) in [6.07, 6.45) is -0.382. The third-order valence-corrected chi connectivity index (χ3v) is 10.7. The molecule has 1 unspecified atom stereocenters. The van der Waals surface area contributed by atoms with Crippen LogP contribution in [-0.4, -0.2) is 43.0 Å². The van der Waals surface area contributed by atoms with Crippen LogP contribution in [0.15, 0.2) is 12.1 Å². The molecule has 1 heterocycles. The lowest BCUT2D eigenvalue weighted by Crippen LogP contribution is -2.43. The number of ether oxygens (including phenoxy) is 2. The molecule has 1 aromatic carbocycles. The van der Waals surface area contributed by atoms with Crippen LogP contribution in [0.2, 0.25) is 18.1 Å². The van der Waals surface area contributed by atoms with Crippen LogP contribution in [0.5, 0.6) is 11.9 Å². The van der Waals surface area contributed by atoms with E-state index in [0.717, 1.165) is 6.07 Å². The van der Waals surface area contributed by atoms with Crippen molar-refractivity contribution in [3.8, 4) is 11.9 Å². The zero-order valence-electron chi connectivity index (χ0n) is 20.4. The number of aromatic nitrogens is 2. The van der Waals surface area contributed by atoms with E-state index in [0.29, 0.717) is 6.07 Å². The van der Waals surface area contributed by atoms with Crippen LogP contribution in [0.4, 0.5) is 17.6 Å². The Balaban J connectivity index is 1.88. The molecule has 1 fully saturated rings. The maximum atomic E-state index is 14.4. The van der Waals surface area contributed by atoms with E-state index in [2.05, 4.69) is 9.97 Å². The number of halogens is 4. The van der Waals surface area contributed by atoms with Gasteiger partial charge in [0.1, 0.15) is 23.5 Å². The zero-order chi connectivity index (χ0) is 25.0. The van der Waals surface area contributed by atoms with Crippen molar-refractivity contribution >= 4 is 19.2 Å². The number of rotatable bonds is 7. The Labute approximate surface area is 193 Å². The molecule has 1 aliphatic carbocycles. The predicted molar refractivity (Wildman–Crippen MR) is 120 cm³/mol. The Morgan fingerprint density at radius 1 is 1.00 bits per heavy atom. The number of fused-ring (bicyclic) bond motifs is 1. The summed E-state index contributed by atoms with van der Waals surface area (Å²) in [5, 5.41) is -0.102. The largest absolute Gasteiger partial charge is 0.471 e. The lowest BCUT2D eigenvalue weighted by atomic mass is 10.1. The fourth-order valence-corrected chi connectivity index (χ4v) is 4.09. The normalized spacial score (nSPS) is 20.7. The molecule has 184 valence electrons. The average Bonchev–Trinajstić information content (AvgIpc) is 3.18. The highest BCUT2D eigenvalue weighted by Crippen LogP contribution is 2.61. The molecule has 1 aliphatic rings. The second-order valence-corrected chi connectivity index (χ2v) is 16.1. The van der Waals surface area contributed by atoms with Crippen LogP contribution in [-0.2, 0) is 4.43 Å². The molecule has 1 saturated carbocycles. The molecule has 0 aliphatic heterocycles. The van der Waals surface area contributed by atoms with Gasteiger partial charge in [-0.1, -0.05) is 20.8 Å². The number of alkyl halides is 2. The van der Waals surface area contributed by atoms with E-state index in [4.69, 9.17) is 13.9 Å². The Bertz CT molecular complexity index is 1050. The van der Waals surface area contributed by atoms with Gasteiger partial charge in [0.15, 0.2) is 14.1 Å².